The number of aliphatic hydroxyl groups excluding tert-OH is 1. The van der Waals surface area contributed by atoms with Gasteiger partial charge in [0.15, 0.2) is 12.2 Å². The Kier molecular flexibility index (Phi) is 71.6. The summed E-state index contributed by atoms with van der Waals surface area (Å²) < 4.78 is 68.3. The highest BCUT2D eigenvalue weighted by Crippen LogP contribution is 2.45. The Labute approximate surface area is 629 Å². The number of hydrogen-bond acceptors (Lipinski definition) is 15. The molecule has 0 spiro atoms. The monoisotopic (exact) mass is 1490 g/mol. The average molecular weight is 1490 g/mol. The molecule has 0 heterocycles. The summed E-state index contributed by atoms with van der Waals surface area (Å²) in [5.41, 5.74) is 0. The van der Waals surface area contributed by atoms with Gasteiger partial charge in [0.1, 0.15) is 19.3 Å². The SMILES string of the molecule is CC/C=C\C/C=C\C/C=C\C/C=C\C/C=C\C/C=C\CCC(=O)OCC(COP(=O)(O)OCC(O)COP(=O)(O)OCC(COC(=O)CC/C=C\C/C=C\C/C=C\C/C=C\C/C=C\C/C=C\CC)OC(=O)CCCCCCCCCCCCC)OC(=O)CCCCCCC/C=C\C/C=C\CCCCC. The molecule has 17 nitrogen and oxygen atoms in total. The van der Waals surface area contributed by atoms with Gasteiger partial charge in [-0.15, -0.1) is 0 Å². The first-order chi connectivity index (χ1) is 50.7. The van der Waals surface area contributed by atoms with Gasteiger partial charge >= 0.3 is 39.5 Å². The number of ether oxygens (including phenoxy) is 4. The van der Waals surface area contributed by atoms with Crippen LogP contribution >= 0.6 is 15.6 Å². The largest absolute Gasteiger partial charge is 0.472 e. The molecule has 0 fully saturated rings. The van der Waals surface area contributed by atoms with Crippen LogP contribution in [-0.2, 0) is 65.4 Å². The Bertz CT molecular complexity index is 2640. The lowest BCUT2D eigenvalue weighted by Gasteiger charge is -2.21. The third kappa shape index (κ3) is 74.7. The molecule has 5 atom stereocenters. The van der Waals surface area contributed by atoms with Crippen LogP contribution in [0.5, 0.6) is 0 Å². The first kappa shape index (κ1) is 98.4. The fourth-order valence-electron chi connectivity index (χ4n) is 9.77. The van der Waals surface area contributed by atoms with Crippen LogP contribution < -0.4 is 0 Å². The molecular formula is C85H138O17P2. The quantitative estimate of drug-likeness (QED) is 0.0169. The van der Waals surface area contributed by atoms with Crippen molar-refractivity contribution in [1.29, 1.82) is 0 Å². The Hall–Kier alpha value is -5.58. The predicted molar refractivity (Wildman–Crippen MR) is 426 cm³/mol. The van der Waals surface area contributed by atoms with Gasteiger partial charge in [-0.2, -0.15) is 0 Å². The zero-order valence-corrected chi connectivity index (χ0v) is 66.2. The second-order valence-corrected chi connectivity index (χ2v) is 28.4. The van der Waals surface area contributed by atoms with E-state index in [0.717, 1.165) is 135 Å². The maximum Gasteiger partial charge on any atom is 0.472 e. The number of esters is 4. The average Bonchev–Trinajstić information content (AvgIpc) is 0.929. The third-order valence-corrected chi connectivity index (χ3v) is 17.6. The summed E-state index contributed by atoms with van der Waals surface area (Å²) in [6.45, 7) is 4.41. The third-order valence-electron chi connectivity index (χ3n) is 15.7. The first-order valence-corrected chi connectivity index (χ1v) is 42.4. The number of allylic oxidation sites excluding steroid dienone is 28. The molecule has 19 heteroatoms. The van der Waals surface area contributed by atoms with E-state index in [0.29, 0.717) is 38.5 Å². The number of carbonyl (C=O) groups excluding carboxylic acids is 4. The van der Waals surface area contributed by atoms with E-state index in [1.165, 1.54) is 57.8 Å². The molecule has 0 amide bonds. The smallest absolute Gasteiger partial charge is 0.462 e. The van der Waals surface area contributed by atoms with E-state index in [1.807, 2.05) is 36.5 Å². The van der Waals surface area contributed by atoms with Crippen molar-refractivity contribution in [3.8, 4) is 0 Å². The molecule has 0 aliphatic heterocycles. The summed E-state index contributed by atoms with van der Waals surface area (Å²) in [6, 6.07) is 0. The summed E-state index contributed by atoms with van der Waals surface area (Å²) >= 11 is 0. The molecule has 0 aromatic carbocycles. The molecule has 0 bridgehead atoms. The Morgan fingerprint density at radius 2 is 0.519 bits per heavy atom. The molecule has 0 aliphatic rings. The van der Waals surface area contributed by atoms with Crippen molar-refractivity contribution in [1.82, 2.24) is 0 Å². The van der Waals surface area contributed by atoms with Gasteiger partial charge in [-0.25, -0.2) is 9.13 Å². The highest BCUT2D eigenvalue weighted by Gasteiger charge is 2.30. The highest BCUT2D eigenvalue weighted by molar-refractivity contribution is 7.47. The van der Waals surface area contributed by atoms with Crippen LogP contribution in [0.3, 0.4) is 0 Å². The van der Waals surface area contributed by atoms with Gasteiger partial charge in [-0.1, -0.05) is 294 Å². The Morgan fingerprint density at radius 3 is 0.827 bits per heavy atom. The van der Waals surface area contributed by atoms with Crippen molar-refractivity contribution < 1.29 is 80.2 Å². The van der Waals surface area contributed by atoms with Crippen LogP contribution in [0, 0.1) is 0 Å². The molecule has 5 unspecified atom stereocenters. The van der Waals surface area contributed by atoms with E-state index in [2.05, 4.69) is 161 Å². The number of hydrogen-bond donors (Lipinski definition) is 3. The van der Waals surface area contributed by atoms with Gasteiger partial charge in [-0.05, 0) is 135 Å². The molecule has 0 rings (SSSR count). The van der Waals surface area contributed by atoms with E-state index < -0.39 is 97.5 Å². The van der Waals surface area contributed by atoms with E-state index in [9.17, 15) is 43.2 Å². The van der Waals surface area contributed by atoms with Gasteiger partial charge in [-0.3, -0.25) is 37.3 Å². The summed E-state index contributed by atoms with van der Waals surface area (Å²) in [5.74, 6) is -2.40. The normalized spacial score (nSPS) is 14.8. The molecular weight excluding hydrogens is 1350 g/mol. The van der Waals surface area contributed by atoms with E-state index in [1.54, 1.807) is 0 Å². The molecule has 0 aromatic rings. The van der Waals surface area contributed by atoms with Crippen LogP contribution in [0.15, 0.2) is 170 Å². The van der Waals surface area contributed by atoms with Crippen LogP contribution in [-0.4, -0.2) is 96.7 Å². The predicted octanol–water partition coefficient (Wildman–Crippen LogP) is 23.0. The lowest BCUT2D eigenvalue weighted by atomic mass is 10.1. The zero-order chi connectivity index (χ0) is 76.0. The Balaban J connectivity index is 5.47. The van der Waals surface area contributed by atoms with Crippen molar-refractivity contribution in [3.63, 3.8) is 0 Å². The summed E-state index contributed by atoms with van der Waals surface area (Å²) in [5, 5.41) is 10.6. The highest BCUT2D eigenvalue weighted by atomic mass is 31.2. The minimum Gasteiger partial charge on any atom is -0.462 e. The topological polar surface area (TPSA) is 237 Å². The van der Waals surface area contributed by atoms with Crippen LogP contribution in [0.2, 0.25) is 0 Å². The number of aliphatic hydroxyl groups is 1. The number of phosphoric ester groups is 2. The van der Waals surface area contributed by atoms with Crippen LogP contribution in [0.4, 0.5) is 0 Å². The van der Waals surface area contributed by atoms with Gasteiger partial charge in [0, 0.05) is 25.7 Å². The van der Waals surface area contributed by atoms with Crippen molar-refractivity contribution in [2.45, 2.75) is 303 Å². The van der Waals surface area contributed by atoms with Gasteiger partial charge < -0.3 is 33.8 Å². The maximum atomic E-state index is 13.1. The fourth-order valence-corrected chi connectivity index (χ4v) is 11.4. The molecule has 590 valence electrons. The van der Waals surface area contributed by atoms with Crippen molar-refractivity contribution >= 4 is 39.5 Å². The van der Waals surface area contributed by atoms with E-state index in [-0.39, 0.29) is 25.7 Å². The number of carbonyl (C=O) groups is 4. The van der Waals surface area contributed by atoms with Crippen LogP contribution in [0.25, 0.3) is 0 Å². The number of rotatable bonds is 72. The summed E-state index contributed by atoms with van der Waals surface area (Å²) in [4.78, 5) is 72.9. The van der Waals surface area contributed by atoms with Gasteiger partial charge in [0.25, 0.3) is 0 Å². The molecule has 104 heavy (non-hydrogen) atoms. The molecule has 0 aliphatic carbocycles. The summed E-state index contributed by atoms with van der Waals surface area (Å²) in [7, 11) is -10.0. The van der Waals surface area contributed by atoms with Crippen molar-refractivity contribution in [2.24, 2.45) is 0 Å². The maximum absolute atomic E-state index is 13.1. The fraction of sp³-hybridized carbons (Fsp3) is 0.624. The lowest BCUT2D eigenvalue weighted by Crippen LogP contribution is -2.30. The molecule has 0 saturated heterocycles. The molecule has 0 radical (unpaired) electrons. The van der Waals surface area contributed by atoms with Gasteiger partial charge in [0.05, 0.1) is 26.4 Å². The standard InChI is InChI=1S/C85H138O17P2/c1-5-9-13-17-21-25-29-32-35-37-39-41-44-46-50-53-57-61-65-69-82(87)95-75-80(101-84(89)71-67-63-59-55-49-28-24-20-16-12-8-4)77-99-103(91,92)97-73-79(86)74-98-104(93,94)100-78-81(102-85(90)72-68-64-60-56-52-48-43-34-31-27-23-19-15-11-7-3)76-96-83(88)70-66-62-58-54-51-47-45-42-40-38-36-33-30-26-22-18-14-10-6-2/h9-10,13-14,21-23,25-27,32-36,39-43,46-47,50-51,57-58,61-62,79-81,86H,5-8,11-12,15-20,24,28-31,37-38,44-45,48-49,52-56,59-60,63-78H2,1-4H3,(H,91,92)(H,93,94)/b13-9-,14-10-,25-21-,26-22-,27-23-,35-32-,36-33-,41-39-,42-40-,43-34-,50-46-,51-47-,61-57-,62-58-. The number of unbranched alkanes of at least 4 members (excludes halogenated alkanes) is 18. The minimum absolute atomic E-state index is 0.0266. The zero-order valence-electron chi connectivity index (χ0n) is 64.4. The van der Waals surface area contributed by atoms with Crippen molar-refractivity contribution in [3.05, 3.63) is 170 Å². The molecule has 0 aromatic heterocycles. The molecule has 0 saturated carbocycles. The van der Waals surface area contributed by atoms with Crippen molar-refractivity contribution in [2.75, 3.05) is 39.6 Å². The Morgan fingerprint density at radius 1 is 0.279 bits per heavy atom. The second-order valence-electron chi connectivity index (χ2n) is 25.5. The minimum atomic E-state index is -5.01. The van der Waals surface area contributed by atoms with E-state index in [4.69, 9.17) is 37.0 Å². The van der Waals surface area contributed by atoms with E-state index >= 15 is 0 Å². The molecule has 3 N–H and O–H groups in total. The summed E-state index contributed by atoms with van der Waals surface area (Å²) in [6.07, 6.45) is 89.4. The number of phosphoric acid groups is 2. The first-order valence-electron chi connectivity index (χ1n) is 39.4. The lowest BCUT2D eigenvalue weighted by molar-refractivity contribution is -0.161. The second kappa shape index (κ2) is 75.6. The van der Waals surface area contributed by atoms with Gasteiger partial charge in [0.2, 0.25) is 0 Å². The van der Waals surface area contributed by atoms with Crippen LogP contribution in [0.1, 0.15) is 285 Å².